The molecule has 4 rings (SSSR count). The number of hydrogen-bond donors (Lipinski definition) is 1. The topological polar surface area (TPSA) is 114 Å². The van der Waals surface area contributed by atoms with Crippen LogP contribution in [-0.4, -0.2) is 40.8 Å². The van der Waals surface area contributed by atoms with Gasteiger partial charge in [0.25, 0.3) is 5.69 Å². The van der Waals surface area contributed by atoms with Gasteiger partial charge in [-0.15, -0.1) is 0 Å². The van der Waals surface area contributed by atoms with Crippen molar-refractivity contribution in [2.45, 2.75) is 6.92 Å². The van der Waals surface area contributed by atoms with Gasteiger partial charge in [-0.3, -0.25) is 10.1 Å². The number of aromatic nitrogens is 3. The fraction of sp³-hybridized carbons (Fsp3) is 0.182. The molecule has 0 saturated carbocycles. The zero-order valence-electron chi connectivity index (χ0n) is 17.9. The Morgan fingerprint density at radius 1 is 1.03 bits per heavy atom. The Labute approximate surface area is 183 Å². The second kappa shape index (κ2) is 8.42. The highest BCUT2D eigenvalue weighted by molar-refractivity contribution is 5.79. The molecule has 32 heavy (non-hydrogen) atoms. The van der Waals surface area contributed by atoms with Gasteiger partial charge < -0.3 is 24.1 Å². The molecule has 164 valence electrons. The van der Waals surface area contributed by atoms with Gasteiger partial charge in [0.2, 0.25) is 11.7 Å². The molecule has 0 radical (unpaired) electrons. The fourth-order valence-electron chi connectivity index (χ4n) is 3.41. The number of nitro groups is 1. The van der Waals surface area contributed by atoms with E-state index in [1.54, 1.807) is 42.1 Å². The number of aryl methyl sites for hydroxylation is 1. The maximum absolute atomic E-state index is 11.3. The van der Waals surface area contributed by atoms with Gasteiger partial charge in [0.1, 0.15) is 5.65 Å². The summed E-state index contributed by atoms with van der Waals surface area (Å²) in [5.74, 6) is 1.80. The molecule has 0 saturated heterocycles. The molecular formula is C22H21N5O5. The highest BCUT2D eigenvalue weighted by Crippen LogP contribution is 2.40. The van der Waals surface area contributed by atoms with Crippen LogP contribution in [0.2, 0.25) is 0 Å². The Hall–Kier alpha value is -4.34. The van der Waals surface area contributed by atoms with E-state index < -0.39 is 4.92 Å². The summed E-state index contributed by atoms with van der Waals surface area (Å²) in [6, 6.07) is 10.4. The summed E-state index contributed by atoms with van der Waals surface area (Å²) in [6.45, 7) is 1.71. The molecule has 4 aromatic rings. The summed E-state index contributed by atoms with van der Waals surface area (Å²) < 4.78 is 17.9. The van der Waals surface area contributed by atoms with E-state index in [1.807, 2.05) is 12.1 Å². The Morgan fingerprint density at radius 2 is 1.75 bits per heavy atom. The van der Waals surface area contributed by atoms with Crippen LogP contribution in [-0.2, 0) is 0 Å². The number of nitrogens with zero attached hydrogens (tertiary/aromatic N) is 4. The van der Waals surface area contributed by atoms with Gasteiger partial charge in [0, 0.05) is 47.2 Å². The Balaban J connectivity index is 1.74. The number of nitro benzene ring substituents is 1. The van der Waals surface area contributed by atoms with E-state index in [2.05, 4.69) is 15.3 Å². The van der Waals surface area contributed by atoms with Crippen LogP contribution >= 0.6 is 0 Å². The standard InChI is InChI=1S/C22H21N5O5/c1-13-5-6-16(11-17(13)27(28)29)26-8-7-14-12-23-22(25-21(14)26)24-15-9-18(30-2)20(32-4)19(10-15)31-3/h5-12H,1-4H3,(H,23,24,25). The fourth-order valence-corrected chi connectivity index (χ4v) is 3.41. The van der Waals surface area contributed by atoms with Crippen LogP contribution in [0.5, 0.6) is 17.2 Å². The van der Waals surface area contributed by atoms with Gasteiger partial charge in [0.15, 0.2) is 11.5 Å². The predicted molar refractivity (Wildman–Crippen MR) is 120 cm³/mol. The molecule has 0 unspecified atom stereocenters. The van der Waals surface area contributed by atoms with E-state index >= 15 is 0 Å². The molecule has 0 atom stereocenters. The molecule has 10 heteroatoms. The largest absolute Gasteiger partial charge is 0.493 e. The maximum Gasteiger partial charge on any atom is 0.274 e. The van der Waals surface area contributed by atoms with Gasteiger partial charge in [-0.1, -0.05) is 6.07 Å². The number of benzene rings is 2. The second-order valence-corrected chi connectivity index (χ2v) is 6.93. The zero-order chi connectivity index (χ0) is 22.8. The minimum absolute atomic E-state index is 0.0502. The average molecular weight is 435 g/mol. The first-order valence-corrected chi connectivity index (χ1v) is 9.61. The van der Waals surface area contributed by atoms with Crippen LogP contribution < -0.4 is 19.5 Å². The lowest BCUT2D eigenvalue weighted by Gasteiger charge is -2.14. The number of anilines is 2. The van der Waals surface area contributed by atoms with Crippen molar-refractivity contribution in [1.82, 2.24) is 14.5 Å². The van der Waals surface area contributed by atoms with Crippen molar-refractivity contribution in [2.24, 2.45) is 0 Å². The number of hydrogen-bond acceptors (Lipinski definition) is 8. The van der Waals surface area contributed by atoms with E-state index in [1.165, 1.54) is 27.4 Å². The van der Waals surface area contributed by atoms with Gasteiger partial charge in [-0.2, -0.15) is 4.98 Å². The summed E-state index contributed by atoms with van der Waals surface area (Å²) >= 11 is 0. The van der Waals surface area contributed by atoms with Crippen LogP contribution in [0.4, 0.5) is 17.3 Å². The molecule has 2 aromatic heterocycles. The number of fused-ring (bicyclic) bond motifs is 1. The molecule has 0 bridgehead atoms. The van der Waals surface area contributed by atoms with E-state index in [0.717, 1.165) is 5.39 Å². The summed E-state index contributed by atoms with van der Waals surface area (Å²) in [4.78, 5) is 19.9. The van der Waals surface area contributed by atoms with Crippen LogP contribution in [0.15, 0.2) is 48.8 Å². The van der Waals surface area contributed by atoms with Gasteiger partial charge in [-0.25, -0.2) is 4.98 Å². The lowest BCUT2D eigenvalue weighted by molar-refractivity contribution is -0.385. The summed E-state index contributed by atoms with van der Waals surface area (Å²) in [6.07, 6.45) is 3.48. The summed E-state index contributed by atoms with van der Waals surface area (Å²) in [7, 11) is 4.61. The molecule has 2 heterocycles. The van der Waals surface area contributed by atoms with Crippen LogP contribution in [0.25, 0.3) is 16.7 Å². The molecule has 0 amide bonds. The first kappa shape index (κ1) is 20.9. The van der Waals surface area contributed by atoms with Crippen LogP contribution in [0, 0.1) is 17.0 Å². The zero-order valence-corrected chi connectivity index (χ0v) is 17.9. The van der Waals surface area contributed by atoms with E-state index in [-0.39, 0.29) is 5.69 Å². The van der Waals surface area contributed by atoms with Crippen LogP contribution in [0.3, 0.4) is 0 Å². The van der Waals surface area contributed by atoms with Crippen LogP contribution in [0.1, 0.15) is 5.56 Å². The molecule has 0 aliphatic rings. The first-order chi connectivity index (χ1) is 15.4. The number of rotatable bonds is 7. The Morgan fingerprint density at radius 3 is 2.38 bits per heavy atom. The minimum Gasteiger partial charge on any atom is -0.493 e. The van der Waals surface area contributed by atoms with Gasteiger partial charge in [-0.05, 0) is 19.1 Å². The van der Waals surface area contributed by atoms with Crippen molar-refractivity contribution >= 4 is 28.4 Å². The Kier molecular flexibility index (Phi) is 5.50. The van der Waals surface area contributed by atoms with E-state index in [4.69, 9.17) is 14.2 Å². The lowest BCUT2D eigenvalue weighted by atomic mass is 10.2. The molecule has 10 nitrogen and oxygen atoms in total. The third-order valence-electron chi connectivity index (χ3n) is 5.02. The molecule has 1 N–H and O–H groups in total. The van der Waals surface area contributed by atoms with E-state index in [0.29, 0.717) is 45.8 Å². The normalized spacial score (nSPS) is 10.8. The highest BCUT2D eigenvalue weighted by Gasteiger charge is 2.16. The van der Waals surface area contributed by atoms with Crippen molar-refractivity contribution in [3.63, 3.8) is 0 Å². The minimum atomic E-state index is -0.392. The van der Waals surface area contributed by atoms with Crippen molar-refractivity contribution in [1.29, 1.82) is 0 Å². The summed E-state index contributed by atoms with van der Waals surface area (Å²) in [5, 5.41) is 15.3. The van der Waals surface area contributed by atoms with Crippen molar-refractivity contribution < 1.29 is 19.1 Å². The predicted octanol–water partition coefficient (Wildman–Crippen LogP) is 4.41. The molecule has 0 aliphatic heterocycles. The first-order valence-electron chi connectivity index (χ1n) is 9.61. The third-order valence-corrected chi connectivity index (χ3v) is 5.02. The van der Waals surface area contributed by atoms with Gasteiger partial charge >= 0.3 is 0 Å². The summed E-state index contributed by atoms with van der Waals surface area (Å²) in [5.41, 5.74) is 2.52. The van der Waals surface area contributed by atoms with Crippen molar-refractivity contribution in [3.05, 3.63) is 64.5 Å². The van der Waals surface area contributed by atoms with E-state index in [9.17, 15) is 10.1 Å². The van der Waals surface area contributed by atoms with Crippen molar-refractivity contribution in [2.75, 3.05) is 26.6 Å². The molecule has 0 fully saturated rings. The Bertz CT molecular complexity index is 1290. The maximum atomic E-state index is 11.3. The third kappa shape index (κ3) is 3.73. The second-order valence-electron chi connectivity index (χ2n) is 6.93. The highest BCUT2D eigenvalue weighted by atomic mass is 16.6. The molecular weight excluding hydrogens is 414 g/mol. The number of ether oxygens (including phenoxy) is 3. The lowest BCUT2D eigenvalue weighted by Crippen LogP contribution is -2.02. The molecule has 2 aromatic carbocycles. The molecule has 0 spiro atoms. The average Bonchev–Trinajstić information content (AvgIpc) is 3.21. The monoisotopic (exact) mass is 435 g/mol. The molecule has 0 aliphatic carbocycles. The smallest absolute Gasteiger partial charge is 0.274 e. The quantitative estimate of drug-likeness (QED) is 0.335. The SMILES string of the molecule is COc1cc(Nc2ncc3ccn(-c4ccc(C)c([N+](=O)[O-])c4)c3n2)cc(OC)c1OC. The number of methoxy groups -OCH3 is 3. The van der Waals surface area contributed by atoms with Crippen molar-refractivity contribution in [3.8, 4) is 22.9 Å². The van der Waals surface area contributed by atoms with Gasteiger partial charge in [0.05, 0.1) is 31.9 Å². The number of nitrogens with one attached hydrogen (secondary N) is 1.